The van der Waals surface area contributed by atoms with Crippen LogP contribution in [0.4, 0.5) is 0 Å². The molecule has 0 radical (unpaired) electrons. The highest BCUT2D eigenvalue weighted by Gasteiger charge is 2.17. The number of hydrogen-bond donors (Lipinski definition) is 1. The summed E-state index contributed by atoms with van der Waals surface area (Å²) in [6, 6.07) is 0.270. The van der Waals surface area contributed by atoms with Gasteiger partial charge in [0.05, 0.1) is 6.04 Å². The fraction of sp³-hybridized carbons (Fsp3) is 0.700. The maximum absolute atomic E-state index is 11.4. The number of carbonyl (C=O) groups is 1. The van der Waals surface area contributed by atoms with Gasteiger partial charge < -0.3 is 10.2 Å². The first-order valence-electron chi connectivity index (χ1n) is 4.90. The minimum absolute atomic E-state index is 0.00574. The number of rotatable bonds is 0. The predicted molar refractivity (Wildman–Crippen MR) is 50.0 cm³/mol. The second-order valence-electron chi connectivity index (χ2n) is 3.56. The molecule has 0 aromatic carbocycles. The van der Waals surface area contributed by atoms with Gasteiger partial charge in [-0.25, -0.2) is 0 Å². The minimum atomic E-state index is 0.00574. The molecule has 0 bridgehead atoms. The quantitative estimate of drug-likeness (QED) is 0.528. The van der Waals surface area contributed by atoms with Gasteiger partial charge in [0.15, 0.2) is 0 Å². The Bertz CT molecular complexity index is 254. The van der Waals surface area contributed by atoms with Crippen molar-refractivity contribution in [3.63, 3.8) is 0 Å². The summed E-state index contributed by atoms with van der Waals surface area (Å²) in [7, 11) is 0. The van der Waals surface area contributed by atoms with Gasteiger partial charge >= 0.3 is 0 Å². The van der Waals surface area contributed by atoms with E-state index < -0.39 is 0 Å². The summed E-state index contributed by atoms with van der Waals surface area (Å²) in [4.78, 5) is 13.3. The molecule has 0 saturated carbocycles. The molecular formula is C10H14N2O. The molecule has 1 amide bonds. The lowest BCUT2D eigenvalue weighted by molar-refractivity contribution is -0.124. The van der Waals surface area contributed by atoms with E-state index >= 15 is 0 Å². The zero-order chi connectivity index (χ0) is 9.10. The fourth-order valence-electron chi connectivity index (χ4n) is 1.56. The third-order valence-electron chi connectivity index (χ3n) is 2.57. The zero-order valence-electron chi connectivity index (χ0n) is 7.68. The lowest BCUT2D eigenvalue weighted by atomic mass is 10.1. The maximum atomic E-state index is 11.4. The van der Waals surface area contributed by atoms with Crippen LogP contribution in [-0.4, -0.2) is 36.5 Å². The average molecular weight is 178 g/mol. The number of amides is 1. The van der Waals surface area contributed by atoms with Crippen LogP contribution in [0.5, 0.6) is 0 Å². The van der Waals surface area contributed by atoms with Gasteiger partial charge in [-0.1, -0.05) is 5.92 Å². The summed E-state index contributed by atoms with van der Waals surface area (Å²) in [5.74, 6) is 5.65. The van der Waals surface area contributed by atoms with Crippen molar-refractivity contribution in [3.8, 4) is 11.8 Å². The zero-order valence-corrected chi connectivity index (χ0v) is 7.68. The molecule has 0 aliphatic carbocycles. The van der Waals surface area contributed by atoms with Gasteiger partial charge in [-0.05, 0) is 31.7 Å². The summed E-state index contributed by atoms with van der Waals surface area (Å²) >= 11 is 0. The van der Waals surface area contributed by atoms with Crippen molar-refractivity contribution in [2.75, 3.05) is 19.6 Å². The first kappa shape index (κ1) is 8.58. The Morgan fingerprint density at radius 2 is 2.08 bits per heavy atom. The van der Waals surface area contributed by atoms with Gasteiger partial charge in [0.25, 0.3) is 5.91 Å². The van der Waals surface area contributed by atoms with Crippen LogP contribution in [0.1, 0.15) is 19.3 Å². The first-order chi connectivity index (χ1) is 6.36. The van der Waals surface area contributed by atoms with E-state index in [9.17, 15) is 4.79 Å². The van der Waals surface area contributed by atoms with Crippen LogP contribution in [0.25, 0.3) is 0 Å². The predicted octanol–water partition coefficient (Wildman–Crippen LogP) is -0.0259. The molecule has 0 aromatic rings. The molecule has 2 heterocycles. The van der Waals surface area contributed by atoms with E-state index in [1.807, 2.05) is 4.90 Å². The van der Waals surface area contributed by atoms with Crippen LogP contribution in [0.2, 0.25) is 0 Å². The average Bonchev–Trinajstić information content (AvgIpc) is 2.52. The Morgan fingerprint density at radius 3 is 2.62 bits per heavy atom. The van der Waals surface area contributed by atoms with Crippen LogP contribution >= 0.6 is 0 Å². The molecule has 1 unspecified atom stereocenters. The third-order valence-corrected chi connectivity index (χ3v) is 2.57. The number of nitrogens with one attached hydrogen (secondary N) is 1. The van der Waals surface area contributed by atoms with E-state index in [-0.39, 0.29) is 11.9 Å². The Morgan fingerprint density at radius 1 is 1.38 bits per heavy atom. The van der Waals surface area contributed by atoms with Gasteiger partial charge in [-0.15, -0.1) is 0 Å². The van der Waals surface area contributed by atoms with Crippen LogP contribution in [0, 0.1) is 11.8 Å². The molecule has 2 aliphatic rings. The Kier molecular flexibility index (Phi) is 2.51. The summed E-state index contributed by atoms with van der Waals surface area (Å²) in [6.45, 7) is 2.83. The largest absolute Gasteiger partial charge is 0.332 e. The van der Waals surface area contributed by atoms with E-state index in [1.165, 1.54) is 0 Å². The normalized spacial score (nSPS) is 26.2. The molecule has 2 aliphatic heterocycles. The monoisotopic (exact) mass is 178 g/mol. The molecule has 0 aromatic heterocycles. The Labute approximate surface area is 78.5 Å². The van der Waals surface area contributed by atoms with E-state index in [4.69, 9.17) is 0 Å². The molecule has 2 rings (SSSR count). The first-order valence-corrected chi connectivity index (χ1v) is 4.90. The van der Waals surface area contributed by atoms with Crippen molar-refractivity contribution >= 4 is 5.91 Å². The van der Waals surface area contributed by atoms with Gasteiger partial charge in [-0.2, -0.15) is 0 Å². The smallest absolute Gasteiger partial charge is 0.298 e. The van der Waals surface area contributed by atoms with E-state index in [0.29, 0.717) is 0 Å². The van der Waals surface area contributed by atoms with Crippen molar-refractivity contribution < 1.29 is 4.79 Å². The highest BCUT2D eigenvalue weighted by Crippen LogP contribution is 2.07. The number of hydrogen-bond acceptors (Lipinski definition) is 2. The van der Waals surface area contributed by atoms with Crippen molar-refractivity contribution in [2.45, 2.75) is 25.3 Å². The SMILES string of the molecule is O=C(C#CC1CCN1)N1CCCC1. The lowest BCUT2D eigenvalue weighted by Crippen LogP contribution is -2.41. The number of likely N-dealkylation sites (tertiary alicyclic amines) is 1. The van der Waals surface area contributed by atoms with Crippen LogP contribution in [0.3, 0.4) is 0 Å². The topological polar surface area (TPSA) is 32.3 Å². The van der Waals surface area contributed by atoms with Crippen LogP contribution < -0.4 is 5.32 Å². The molecule has 13 heavy (non-hydrogen) atoms. The Hall–Kier alpha value is -1.01. The molecular weight excluding hydrogens is 164 g/mol. The van der Waals surface area contributed by atoms with Gasteiger partial charge in [-0.3, -0.25) is 4.79 Å². The summed E-state index contributed by atoms with van der Waals surface area (Å²) in [5.41, 5.74) is 0. The second-order valence-corrected chi connectivity index (χ2v) is 3.56. The van der Waals surface area contributed by atoms with Crippen molar-refractivity contribution in [1.29, 1.82) is 0 Å². The summed E-state index contributed by atoms with van der Waals surface area (Å²) in [5, 5.41) is 3.15. The fourth-order valence-corrected chi connectivity index (χ4v) is 1.56. The summed E-state index contributed by atoms with van der Waals surface area (Å²) < 4.78 is 0. The van der Waals surface area contributed by atoms with E-state index in [1.54, 1.807) is 0 Å². The van der Waals surface area contributed by atoms with Crippen molar-refractivity contribution in [2.24, 2.45) is 0 Å². The molecule has 3 heteroatoms. The molecule has 2 saturated heterocycles. The standard InChI is InChI=1S/C10H14N2O/c13-10(12-7-1-2-8-12)4-3-9-5-6-11-9/h9,11H,1-2,5-8H2. The second kappa shape index (κ2) is 3.80. The Balaban J connectivity index is 1.84. The number of carbonyl (C=O) groups excluding carboxylic acids is 1. The highest BCUT2D eigenvalue weighted by atomic mass is 16.2. The third kappa shape index (κ3) is 2.02. The van der Waals surface area contributed by atoms with E-state index in [2.05, 4.69) is 17.2 Å². The van der Waals surface area contributed by atoms with Crippen molar-refractivity contribution in [3.05, 3.63) is 0 Å². The molecule has 3 nitrogen and oxygen atoms in total. The van der Waals surface area contributed by atoms with Crippen LogP contribution in [-0.2, 0) is 4.79 Å². The lowest BCUT2D eigenvalue weighted by Gasteiger charge is -2.21. The van der Waals surface area contributed by atoms with Gasteiger partial charge in [0, 0.05) is 13.1 Å². The van der Waals surface area contributed by atoms with Crippen molar-refractivity contribution in [1.82, 2.24) is 10.2 Å². The van der Waals surface area contributed by atoms with Gasteiger partial charge in [0.2, 0.25) is 0 Å². The molecule has 0 spiro atoms. The van der Waals surface area contributed by atoms with Gasteiger partial charge in [0.1, 0.15) is 0 Å². The number of nitrogens with zero attached hydrogens (tertiary/aromatic N) is 1. The minimum Gasteiger partial charge on any atom is -0.332 e. The van der Waals surface area contributed by atoms with Crippen LogP contribution in [0.15, 0.2) is 0 Å². The molecule has 1 atom stereocenters. The summed E-state index contributed by atoms with van der Waals surface area (Å²) in [6.07, 6.45) is 3.35. The molecule has 1 N–H and O–H groups in total. The van der Waals surface area contributed by atoms with E-state index in [0.717, 1.165) is 38.9 Å². The molecule has 70 valence electrons. The maximum Gasteiger partial charge on any atom is 0.298 e. The molecule has 2 fully saturated rings. The highest BCUT2D eigenvalue weighted by molar-refractivity contribution is 5.93.